The Morgan fingerprint density at radius 2 is 2.10 bits per heavy atom. The van der Waals surface area contributed by atoms with E-state index in [9.17, 15) is 13.6 Å². The zero-order valence-electron chi connectivity index (χ0n) is 12.7. The van der Waals surface area contributed by atoms with Crippen LogP contribution in [0.5, 0.6) is 0 Å². The van der Waals surface area contributed by atoms with Gasteiger partial charge >= 0.3 is 0 Å². The Balaban J connectivity index is 2.08. The molecule has 0 aliphatic carbocycles. The molecular weight excluding hydrogens is 274 g/mol. The van der Waals surface area contributed by atoms with E-state index in [1.807, 2.05) is 6.92 Å². The van der Waals surface area contributed by atoms with Crippen LogP contribution >= 0.6 is 0 Å². The fourth-order valence-electron chi connectivity index (χ4n) is 2.83. The molecule has 0 spiro atoms. The molecule has 5 heteroatoms. The lowest BCUT2D eigenvalue weighted by Gasteiger charge is -2.33. The van der Waals surface area contributed by atoms with Gasteiger partial charge in [0, 0.05) is 19.0 Å². The molecule has 1 heterocycles. The van der Waals surface area contributed by atoms with Crippen LogP contribution in [0.1, 0.15) is 38.3 Å². The van der Waals surface area contributed by atoms with Crippen molar-refractivity contribution in [1.29, 1.82) is 0 Å². The second-order valence-electron chi connectivity index (χ2n) is 5.88. The van der Waals surface area contributed by atoms with E-state index in [4.69, 9.17) is 0 Å². The topological polar surface area (TPSA) is 32.3 Å². The standard InChI is InChI=1S/C16H22F2N2O/c1-10-8-13(6-7-19-10)16(21)20(3)11(2)12-4-5-14(17)15(18)9-12/h4-5,9-11,13,19H,6-8H2,1-3H3. The van der Waals surface area contributed by atoms with Gasteiger partial charge in [0.2, 0.25) is 5.91 Å². The van der Waals surface area contributed by atoms with E-state index >= 15 is 0 Å². The maximum atomic E-state index is 13.3. The molecule has 0 saturated carbocycles. The van der Waals surface area contributed by atoms with Crippen LogP contribution in [0.25, 0.3) is 0 Å². The molecule has 21 heavy (non-hydrogen) atoms. The van der Waals surface area contributed by atoms with Crippen molar-refractivity contribution in [1.82, 2.24) is 10.2 Å². The Bertz CT molecular complexity index is 521. The number of carbonyl (C=O) groups is 1. The lowest BCUT2D eigenvalue weighted by atomic mass is 9.91. The van der Waals surface area contributed by atoms with E-state index in [1.54, 1.807) is 11.9 Å². The highest BCUT2D eigenvalue weighted by Gasteiger charge is 2.29. The molecule has 0 radical (unpaired) electrons. The van der Waals surface area contributed by atoms with Crippen LogP contribution in [-0.4, -0.2) is 30.4 Å². The van der Waals surface area contributed by atoms with E-state index < -0.39 is 11.6 Å². The molecule has 1 aromatic carbocycles. The molecule has 2 rings (SSSR count). The first-order valence-corrected chi connectivity index (χ1v) is 7.35. The summed E-state index contributed by atoms with van der Waals surface area (Å²) in [5.74, 6) is -1.68. The third-order valence-corrected chi connectivity index (χ3v) is 4.33. The van der Waals surface area contributed by atoms with E-state index in [0.717, 1.165) is 31.5 Å². The molecule has 3 nitrogen and oxygen atoms in total. The van der Waals surface area contributed by atoms with Gasteiger partial charge in [-0.3, -0.25) is 4.79 Å². The average Bonchev–Trinajstić information content (AvgIpc) is 2.47. The normalized spacial score (nSPS) is 23.7. The summed E-state index contributed by atoms with van der Waals surface area (Å²) in [5, 5.41) is 3.32. The molecule has 1 N–H and O–H groups in total. The molecule has 3 atom stereocenters. The van der Waals surface area contributed by atoms with E-state index in [-0.39, 0.29) is 17.9 Å². The molecule has 1 aliphatic heterocycles. The molecule has 116 valence electrons. The third-order valence-electron chi connectivity index (χ3n) is 4.33. The van der Waals surface area contributed by atoms with Crippen LogP contribution < -0.4 is 5.32 Å². The first kappa shape index (κ1) is 15.9. The van der Waals surface area contributed by atoms with Gasteiger partial charge in [-0.15, -0.1) is 0 Å². The third kappa shape index (κ3) is 3.59. The summed E-state index contributed by atoms with van der Waals surface area (Å²) < 4.78 is 26.3. The van der Waals surface area contributed by atoms with Crippen molar-refractivity contribution in [2.45, 2.75) is 38.8 Å². The highest BCUT2D eigenvalue weighted by Crippen LogP contribution is 2.25. The van der Waals surface area contributed by atoms with E-state index in [0.29, 0.717) is 11.6 Å². The Morgan fingerprint density at radius 3 is 2.71 bits per heavy atom. The number of rotatable bonds is 3. The zero-order valence-corrected chi connectivity index (χ0v) is 12.7. The number of nitrogens with one attached hydrogen (secondary N) is 1. The van der Waals surface area contributed by atoms with Crippen molar-refractivity contribution in [3.63, 3.8) is 0 Å². The minimum absolute atomic E-state index is 0.000930. The zero-order chi connectivity index (χ0) is 15.6. The van der Waals surface area contributed by atoms with Crippen molar-refractivity contribution in [2.75, 3.05) is 13.6 Å². The first-order chi connectivity index (χ1) is 9.90. The smallest absolute Gasteiger partial charge is 0.226 e. The minimum atomic E-state index is -0.879. The van der Waals surface area contributed by atoms with Crippen LogP contribution in [0.2, 0.25) is 0 Å². The largest absolute Gasteiger partial charge is 0.339 e. The number of piperidine rings is 1. The van der Waals surface area contributed by atoms with Gasteiger partial charge in [-0.1, -0.05) is 6.07 Å². The van der Waals surface area contributed by atoms with Crippen molar-refractivity contribution in [3.8, 4) is 0 Å². The summed E-state index contributed by atoms with van der Waals surface area (Å²) in [5.41, 5.74) is 0.603. The van der Waals surface area contributed by atoms with Gasteiger partial charge in [0.1, 0.15) is 0 Å². The fraction of sp³-hybridized carbons (Fsp3) is 0.562. The van der Waals surface area contributed by atoms with Crippen molar-refractivity contribution >= 4 is 5.91 Å². The summed E-state index contributed by atoms with van der Waals surface area (Å²) >= 11 is 0. The Morgan fingerprint density at radius 1 is 1.38 bits per heavy atom. The van der Waals surface area contributed by atoms with Crippen molar-refractivity contribution < 1.29 is 13.6 Å². The quantitative estimate of drug-likeness (QED) is 0.930. The predicted octanol–water partition coefficient (Wildman–Crippen LogP) is 2.87. The number of hydrogen-bond acceptors (Lipinski definition) is 2. The van der Waals surface area contributed by atoms with E-state index in [1.165, 1.54) is 6.07 Å². The van der Waals surface area contributed by atoms with Crippen molar-refractivity contribution in [2.24, 2.45) is 5.92 Å². The van der Waals surface area contributed by atoms with Gasteiger partial charge in [0.25, 0.3) is 0 Å². The summed E-state index contributed by atoms with van der Waals surface area (Å²) in [6.07, 6.45) is 1.63. The average molecular weight is 296 g/mol. The van der Waals surface area contributed by atoms with Crippen LogP contribution in [0, 0.1) is 17.6 Å². The second kappa shape index (κ2) is 6.52. The molecule has 0 aromatic heterocycles. The number of benzene rings is 1. The van der Waals surface area contributed by atoms with Gasteiger partial charge in [-0.05, 0) is 50.9 Å². The van der Waals surface area contributed by atoms with Gasteiger partial charge in [-0.25, -0.2) is 8.78 Å². The Hall–Kier alpha value is -1.49. The summed E-state index contributed by atoms with van der Waals surface area (Å²) in [6, 6.07) is 3.84. The maximum Gasteiger partial charge on any atom is 0.226 e. The molecule has 1 saturated heterocycles. The molecule has 0 bridgehead atoms. The van der Waals surface area contributed by atoms with Crippen LogP contribution in [0.15, 0.2) is 18.2 Å². The molecule has 1 aromatic rings. The van der Waals surface area contributed by atoms with Crippen molar-refractivity contribution in [3.05, 3.63) is 35.4 Å². The number of nitrogens with zero attached hydrogens (tertiary/aromatic N) is 1. The lowest BCUT2D eigenvalue weighted by Crippen LogP contribution is -2.43. The fourth-order valence-corrected chi connectivity index (χ4v) is 2.83. The van der Waals surface area contributed by atoms with Gasteiger partial charge in [0.15, 0.2) is 11.6 Å². The number of hydrogen-bond donors (Lipinski definition) is 1. The van der Waals surface area contributed by atoms with Crippen LogP contribution in [0.4, 0.5) is 8.78 Å². The van der Waals surface area contributed by atoms with Crippen LogP contribution in [-0.2, 0) is 4.79 Å². The SMILES string of the molecule is CC1CC(C(=O)N(C)C(C)c2ccc(F)c(F)c2)CCN1. The molecule has 1 aliphatic rings. The highest BCUT2D eigenvalue weighted by atomic mass is 19.2. The number of amides is 1. The van der Waals surface area contributed by atoms with Crippen LogP contribution in [0.3, 0.4) is 0 Å². The van der Waals surface area contributed by atoms with Gasteiger partial charge in [-0.2, -0.15) is 0 Å². The van der Waals surface area contributed by atoms with Gasteiger partial charge in [0.05, 0.1) is 6.04 Å². The summed E-state index contributed by atoms with van der Waals surface area (Å²) in [6.45, 7) is 4.73. The first-order valence-electron chi connectivity index (χ1n) is 7.35. The van der Waals surface area contributed by atoms with E-state index in [2.05, 4.69) is 12.2 Å². The highest BCUT2D eigenvalue weighted by molar-refractivity contribution is 5.79. The second-order valence-corrected chi connectivity index (χ2v) is 5.88. The summed E-state index contributed by atoms with van der Waals surface area (Å²) in [7, 11) is 1.72. The maximum absolute atomic E-state index is 13.3. The molecule has 1 fully saturated rings. The predicted molar refractivity (Wildman–Crippen MR) is 77.7 cm³/mol. The molecule has 3 unspecified atom stereocenters. The molecular formula is C16H22F2N2O. The Kier molecular flexibility index (Phi) is 4.93. The number of halogens is 2. The monoisotopic (exact) mass is 296 g/mol. The number of carbonyl (C=O) groups excluding carboxylic acids is 1. The van der Waals surface area contributed by atoms with Gasteiger partial charge < -0.3 is 10.2 Å². The minimum Gasteiger partial charge on any atom is -0.339 e. The lowest BCUT2D eigenvalue weighted by molar-refractivity contribution is -0.137. The molecule has 1 amide bonds. The Labute approximate surface area is 124 Å². The summed E-state index contributed by atoms with van der Waals surface area (Å²) in [4.78, 5) is 14.2.